The number of oxime groups is 1. The first-order valence-corrected chi connectivity index (χ1v) is 6.56. The third-order valence-electron chi connectivity index (χ3n) is 3.33. The summed E-state index contributed by atoms with van der Waals surface area (Å²) in [4.78, 5) is 0. The van der Waals surface area contributed by atoms with Crippen molar-refractivity contribution in [2.24, 2.45) is 16.3 Å². The third-order valence-corrected chi connectivity index (χ3v) is 3.33. The van der Waals surface area contributed by atoms with E-state index in [0.29, 0.717) is 19.4 Å². The molecule has 1 rings (SSSR count). The van der Waals surface area contributed by atoms with Gasteiger partial charge in [0.15, 0.2) is 0 Å². The third kappa shape index (κ3) is 4.84. The summed E-state index contributed by atoms with van der Waals surface area (Å²) in [5.74, 6) is 0.109. The smallest absolute Gasteiger partial charge is 0.409 e. The Bertz CT molecular complexity index is 498. The maximum Gasteiger partial charge on any atom is 0.418 e. The number of amidine groups is 1. The van der Waals surface area contributed by atoms with Crippen LogP contribution in [0.3, 0.4) is 0 Å². The number of alkyl halides is 3. The van der Waals surface area contributed by atoms with Gasteiger partial charge in [-0.25, -0.2) is 0 Å². The van der Waals surface area contributed by atoms with Crippen LogP contribution in [0.1, 0.15) is 32.3 Å². The van der Waals surface area contributed by atoms with Crippen molar-refractivity contribution in [1.82, 2.24) is 0 Å². The minimum absolute atomic E-state index is 0.0617. The fraction of sp³-hybridized carbons (Fsp3) is 0.500. The van der Waals surface area contributed by atoms with Crippen LogP contribution in [0.5, 0.6) is 0 Å². The molecule has 4 nitrogen and oxygen atoms in total. The van der Waals surface area contributed by atoms with Crippen molar-refractivity contribution in [1.29, 1.82) is 0 Å². The van der Waals surface area contributed by atoms with E-state index in [1.807, 2.05) is 13.8 Å². The molecule has 0 radical (unpaired) electrons. The molecule has 0 fully saturated rings. The molecule has 0 saturated heterocycles. The van der Waals surface area contributed by atoms with Crippen LogP contribution in [0.4, 0.5) is 18.9 Å². The van der Waals surface area contributed by atoms with Crippen molar-refractivity contribution in [2.45, 2.75) is 32.9 Å². The highest BCUT2D eigenvalue weighted by molar-refractivity contribution is 5.85. The Labute approximate surface area is 121 Å². The first-order chi connectivity index (χ1) is 9.68. The Kier molecular flexibility index (Phi) is 5.46. The van der Waals surface area contributed by atoms with Gasteiger partial charge >= 0.3 is 6.18 Å². The van der Waals surface area contributed by atoms with Crippen molar-refractivity contribution in [2.75, 3.05) is 11.9 Å². The Morgan fingerprint density at radius 1 is 1.29 bits per heavy atom. The van der Waals surface area contributed by atoms with Crippen LogP contribution in [-0.4, -0.2) is 17.6 Å². The van der Waals surface area contributed by atoms with E-state index in [1.54, 1.807) is 6.07 Å². The van der Waals surface area contributed by atoms with Crippen LogP contribution < -0.4 is 11.1 Å². The van der Waals surface area contributed by atoms with E-state index in [-0.39, 0.29) is 11.5 Å². The zero-order valence-electron chi connectivity index (χ0n) is 12.0. The largest absolute Gasteiger partial charge is 0.418 e. The first-order valence-electron chi connectivity index (χ1n) is 6.56. The molecule has 1 aromatic carbocycles. The normalized spacial score (nSPS) is 13.3. The molecule has 21 heavy (non-hydrogen) atoms. The van der Waals surface area contributed by atoms with Crippen LogP contribution in [0.15, 0.2) is 29.4 Å². The molecule has 4 N–H and O–H groups in total. The molecule has 0 heterocycles. The monoisotopic (exact) mass is 303 g/mol. The minimum Gasteiger partial charge on any atom is -0.409 e. The van der Waals surface area contributed by atoms with Gasteiger partial charge in [0.1, 0.15) is 5.84 Å². The Morgan fingerprint density at radius 3 is 2.48 bits per heavy atom. The summed E-state index contributed by atoms with van der Waals surface area (Å²) in [6, 6.07) is 5.35. The zero-order valence-corrected chi connectivity index (χ0v) is 12.0. The SMILES string of the molecule is CC(C)(CCCNc1ccccc1C(F)(F)F)C(N)=NO. The van der Waals surface area contributed by atoms with Gasteiger partial charge in [-0.2, -0.15) is 13.2 Å². The summed E-state index contributed by atoms with van der Waals surface area (Å²) in [7, 11) is 0. The van der Waals surface area contributed by atoms with Crippen LogP contribution in [0.2, 0.25) is 0 Å². The molecule has 0 amide bonds. The number of anilines is 1. The molecule has 7 heteroatoms. The number of rotatable bonds is 6. The predicted octanol–water partition coefficient (Wildman–Crippen LogP) is 3.67. The number of benzene rings is 1. The van der Waals surface area contributed by atoms with E-state index < -0.39 is 17.2 Å². The average molecular weight is 303 g/mol. The Morgan fingerprint density at radius 2 is 1.90 bits per heavy atom. The summed E-state index contributed by atoms with van der Waals surface area (Å²) in [5, 5.41) is 14.4. The average Bonchev–Trinajstić information content (AvgIpc) is 2.42. The van der Waals surface area contributed by atoms with Gasteiger partial charge in [-0.15, -0.1) is 0 Å². The lowest BCUT2D eigenvalue weighted by molar-refractivity contribution is -0.136. The van der Waals surface area contributed by atoms with Gasteiger partial charge in [0.2, 0.25) is 0 Å². The van der Waals surface area contributed by atoms with Crippen molar-refractivity contribution >= 4 is 11.5 Å². The van der Waals surface area contributed by atoms with Gasteiger partial charge in [-0.1, -0.05) is 31.1 Å². The van der Waals surface area contributed by atoms with Gasteiger partial charge in [-0.05, 0) is 25.0 Å². The lowest BCUT2D eigenvalue weighted by Crippen LogP contribution is -2.32. The molecule has 0 aliphatic carbocycles. The molecule has 0 unspecified atom stereocenters. The lowest BCUT2D eigenvalue weighted by Gasteiger charge is -2.23. The quantitative estimate of drug-likeness (QED) is 0.247. The highest BCUT2D eigenvalue weighted by atomic mass is 19.4. The summed E-state index contributed by atoms with van der Waals surface area (Å²) < 4.78 is 38.4. The van der Waals surface area contributed by atoms with Gasteiger partial charge in [0.25, 0.3) is 0 Å². The van der Waals surface area contributed by atoms with Crippen LogP contribution in [-0.2, 0) is 6.18 Å². The zero-order chi connectivity index (χ0) is 16.1. The van der Waals surface area contributed by atoms with Gasteiger partial charge in [0.05, 0.1) is 5.56 Å². The van der Waals surface area contributed by atoms with Crippen LogP contribution in [0, 0.1) is 5.41 Å². The maximum absolute atomic E-state index is 12.8. The first kappa shape index (κ1) is 17.1. The van der Waals surface area contributed by atoms with Crippen molar-refractivity contribution in [3.63, 3.8) is 0 Å². The molecule has 0 aliphatic rings. The summed E-state index contributed by atoms with van der Waals surface area (Å²) in [5.41, 5.74) is 4.44. The Balaban J connectivity index is 2.59. The van der Waals surface area contributed by atoms with E-state index in [0.717, 1.165) is 6.07 Å². The molecule has 0 bridgehead atoms. The van der Waals surface area contributed by atoms with E-state index in [9.17, 15) is 13.2 Å². The standard InChI is InChI=1S/C14H20F3N3O/c1-13(2,12(18)20-21)8-5-9-19-11-7-4-3-6-10(11)14(15,16)17/h3-4,6-7,19,21H,5,8-9H2,1-2H3,(H2,18,20). The number of nitrogens with two attached hydrogens (primary N) is 1. The van der Waals surface area contributed by atoms with Gasteiger partial charge in [-0.3, -0.25) is 0 Å². The molecular weight excluding hydrogens is 283 g/mol. The molecular formula is C14H20F3N3O. The molecule has 0 atom stereocenters. The molecule has 0 saturated carbocycles. The predicted molar refractivity (Wildman–Crippen MR) is 76.4 cm³/mol. The van der Waals surface area contributed by atoms with E-state index >= 15 is 0 Å². The van der Waals surface area contributed by atoms with E-state index in [4.69, 9.17) is 10.9 Å². The lowest BCUT2D eigenvalue weighted by atomic mass is 9.86. The maximum atomic E-state index is 12.8. The van der Waals surface area contributed by atoms with Crippen molar-refractivity contribution in [3.8, 4) is 0 Å². The van der Waals surface area contributed by atoms with Crippen molar-refractivity contribution < 1.29 is 18.4 Å². The van der Waals surface area contributed by atoms with Gasteiger partial charge in [0, 0.05) is 17.6 Å². The summed E-state index contributed by atoms with van der Waals surface area (Å²) >= 11 is 0. The number of hydrogen-bond acceptors (Lipinski definition) is 3. The number of hydrogen-bond donors (Lipinski definition) is 3. The summed E-state index contributed by atoms with van der Waals surface area (Å²) in [6.45, 7) is 3.99. The Hall–Kier alpha value is -1.92. The minimum atomic E-state index is -4.38. The fourth-order valence-corrected chi connectivity index (χ4v) is 1.90. The molecule has 0 aliphatic heterocycles. The molecule has 0 aromatic heterocycles. The topological polar surface area (TPSA) is 70.6 Å². The number of nitrogens with one attached hydrogen (secondary N) is 1. The number of para-hydroxylation sites is 1. The molecule has 1 aromatic rings. The second kappa shape index (κ2) is 6.69. The highest BCUT2D eigenvalue weighted by Gasteiger charge is 2.33. The van der Waals surface area contributed by atoms with Crippen LogP contribution >= 0.6 is 0 Å². The highest BCUT2D eigenvalue weighted by Crippen LogP contribution is 2.34. The fourth-order valence-electron chi connectivity index (χ4n) is 1.90. The second-order valence-corrected chi connectivity index (χ2v) is 5.44. The van der Waals surface area contributed by atoms with Gasteiger partial charge < -0.3 is 16.3 Å². The second-order valence-electron chi connectivity index (χ2n) is 5.44. The van der Waals surface area contributed by atoms with Crippen molar-refractivity contribution in [3.05, 3.63) is 29.8 Å². The van der Waals surface area contributed by atoms with Crippen LogP contribution in [0.25, 0.3) is 0 Å². The molecule has 118 valence electrons. The summed E-state index contributed by atoms with van der Waals surface area (Å²) in [6.07, 6.45) is -3.20. The van der Waals surface area contributed by atoms with E-state index in [2.05, 4.69) is 10.5 Å². The number of nitrogens with zero attached hydrogens (tertiary/aromatic N) is 1. The van der Waals surface area contributed by atoms with E-state index in [1.165, 1.54) is 12.1 Å². The number of halogens is 3. The molecule has 0 spiro atoms.